The number of aryl methyl sites for hydroxylation is 2. The molecule has 0 spiro atoms. The molecule has 1 aromatic heterocycles. The number of anilines is 2. The first kappa shape index (κ1) is 27.0. The Bertz CT molecular complexity index is 1660. The lowest BCUT2D eigenvalue weighted by Gasteiger charge is -2.33. The molecule has 3 aliphatic rings. The molecule has 8 nitrogen and oxygen atoms in total. The molecule has 2 atom stereocenters. The van der Waals surface area contributed by atoms with E-state index < -0.39 is 28.6 Å². The molecule has 2 unspecified atom stereocenters. The normalized spacial score (nSPS) is 20.1. The summed E-state index contributed by atoms with van der Waals surface area (Å²) in [5.41, 5.74) is 2.42. The van der Waals surface area contributed by atoms with Crippen LogP contribution in [0, 0.1) is 19.7 Å². The van der Waals surface area contributed by atoms with Crippen LogP contribution in [0.3, 0.4) is 0 Å². The molecule has 10 heteroatoms. The highest BCUT2D eigenvalue weighted by Crippen LogP contribution is 2.49. The van der Waals surface area contributed by atoms with Gasteiger partial charge in [-0.05, 0) is 62.4 Å². The van der Waals surface area contributed by atoms with Gasteiger partial charge < -0.3 is 19.6 Å². The van der Waals surface area contributed by atoms with E-state index in [0.717, 1.165) is 18.4 Å². The molecule has 6 rings (SSSR count). The van der Waals surface area contributed by atoms with E-state index in [1.807, 2.05) is 6.08 Å². The van der Waals surface area contributed by atoms with Gasteiger partial charge in [-0.15, -0.1) is 0 Å². The number of allylic oxidation sites excluding steroid dienone is 3. The maximum absolute atomic E-state index is 16.1. The van der Waals surface area contributed by atoms with Crippen molar-refractivity contribution in [2.24, 2.45) is 0 Å². The first-order chi connectivity index (χ1) is 19.8. The number of nitrogens with zero attached hydrogens (tertiary/aromatic N) is 2. The van der Waals surface area contributed by atoms with E-state index >= 15 is 4.39 Å². The van der Waals surface area contributed by atoms with Gasteiger partial charge in [-0.1, -0.05) is 24.3 Å². The van der Waals surface area contributed by atoms with Gasteiger partial charge >= 0.3 is 0 Å². The smallest absolute Gasteiger partial charge is 0.281 e. The first-order valence-electron chi connectivity index (χ1n) is 13.6. The molecule has 41 heavy (non-hydrogen) atoms. The number of ether oxygens (including phenoxy) is 1. The zero-order valence-corrected chi connectivity index (χ0v) is 23.6. The monoisotopic (exact) mass is 575 g/mol. The molecule has 0 fully saturated rings. The van der Waals surface area contributed by atoms with E-state index in [0.29, 0.717) is 58.9 Å². The minimum Gasteiger partial charge on any atom is -0.506 e. The number of phenols is 1. The lowest BCUT2D eigenvalue weighted by molar-refractivity contribution is 0.0974. The molecule has 0 saturated heterocycles. The van der Waals surface area contributed by atoms with Crippen molar-refractivity contribution >= 4 is 28.1 Å². The number of para-hydroxylation sites is 1. The molecule has 212 valence electrons. The quantitative estimate of drug-likeness (QED) is 0.341. The van der Waals surface area contributed by atoms with Crippen LogP contribution in [0.2, 0.25) is 0 Å². The number of benzene rings is 2. The Morgan fingerprint density at radius 3 is 2.85 bits per heavy atom. The molecular weight excluding hydrogens is 545 g/mol. The largest absolute Gasteiger partial charge is 0.506 e. The molecule has 3 heterocycles. The minimum atomic E-state index is -1.52. The second-order valence-electron chi connectivity index (χ2n) is 10.2. The standard InChI is InChI=1S/C31H30FN3O5S/c1-18-27(33-19(2)40-18)31(37)35-25-11-6-12-26(36)28(25)34-24-10-7-15-41(38)30(24)29(35)22-14-13-21(16-23(22)32)39-17-20-8-4-3-5-9-20/h4,6,8-9,11-14,16,29,34,36H,3,5,7,10,15,17H2,1-2H3. The third-order valence-electron chi connectivity index (χ3n) is 7.43. The predicted octanol–water partition coefficient (Wildman–Crippen LogP) is 6.36. The Balaban J connectivity index is 1.50. The van der Waals surface area contributed by atoms with Crippen LogP contribution in [0.25, 0.3) is 0 Å². The zero-order valence-electron chi connectivity index (χ0n) is 22.8. The van der Waals surface area contributed by atoms with E-state index in [9.17, 15) is 14.1 Å². The predicted molar refractivity (Wildman–Crippen MR) is 155 cm³/mol. The van der Waals surface area contributed by atoms with E-state index in [4.69, 9.17) is 9.15 Å². The Hall–Kier alpha value is -4.18. The number of rotatable bonds is 5. The Morgan fingerprint density at radius 2 is 2.12 bits per heavy atom. The van der Waals surface area contributed by atoms with Crippen LogP contribution in [-0.4, -0.2) is 32.6 Å². The third kappa shape index (κ3) is 5.08. The number of phenolic OH excluding ortho intramolecular Hbond substituents is 1. The number of amides is 1. The highest BCUT2D eigenvalue weighted by molar-refractivity contribution is 7.89. The molecule has 0 bridgehead atoms. The Morgan fingerprint density at radius 1 is 1.27 bits per heavy atom. The fourth-order valence-corrected chi connectivity index (χ4v) is 7.07. The first-order valence-corrected chi connectivity index (χ1v) is 14.9. The van der Waals surface area contributed by atoms with Gasteiger partial charge in [0.2, 0.25) is 0 Å². The van der Waals surface area contributed by atoms with Crippen molar-refractivity contribution in [3.05, 3.63) is 99.5 Å². The molecule has 2 N–H and O–H groups in total. The fourth-order valence-electron chi connectivity index (χ4n) is 5.54. The number of aromatic nitrogens is 1. The topological polar surface area (TPSA) is 105 Å². The lowest BCUT2D eigenvalue weighted by Crippen LogP contribution is -2.38. The number of hydrogen-bond acceptors (Lipinski definition) is 7. The molecule has 2 aliphatic heterocycles. The number of halogens is 1. The van der Waals surface area contributed by atoms with Crippen LogP contribution >= 0.6 is 0 Å². The van der Waals surface area contributed by atoms with E-state index in [1.54, 1.807) is 38.1 Å². The van der Waals surface area contributed by atoms with Crippen molar-refractivity contribution in [3.8, 4) is 11.5 Å². The van der Waals surface area contributed by atoms with E-state index in [-0.39, 0.29) is 22.7 Å². The average Bonchev–Trinajstić information content (AvgIpc) is 3.22. The van der Waals surface area contributed by atoms with Crippen molar-refractivity contribution in [2.75, 3.05) is 22.6 Å². The van der Waals surface area contributed by atoms with Crippen LogP contribution in [0.5, 0.6) is 11.5 Å². The summed E-state index contributed by atoms with van der Waals surface area (Å²) >= 11 is 0. The van der Waals surface area contributed by atoms with Crippen molar-refractivity contribution in [1.82, 2.24) is 4.98 Å². The van der Waals surface area contributed by atoms with E-state index in [2.05, 4.69) is 22.5 Å². The highest BCUT2D eigenvalue weighted by Gasteiger charge is 2.42. The summed E-state index contributed by atoms with van der Waals surface area (Å²) in [4.78, 5) is 20.4. The number of hydrogen-bond donors (Lipinski definition) is 2. The molecule has 1 aliphatic carbocycles. The molecule has 3 aromatic rings. The van der Waals surface area contributed by atoms with Crippen molar-refractivity contribution in [3.63, 3.8) is 0 Å². The van der Waals surface area contributed by atoms with Crippen molar-refractivity contribution < 1.29 is 27.7 Å². The second-order valence-corrected chi connectivity index (χ2v) is 11.8. The minimum absolute atomic E-state index is 0.0570. The summed E-state index contributed by atoms with van der Waals surface area (Å²) < 4.78 is 41.2. The SMILES string of the molecule is Cc1nc(C(=O)N2c3cccc(O)c3NC3=C(C2c2ccc(OCC4=CCCC=C4)cc2F)S(=O)CCC3)c(C)o1. The van der Waals surface area contributed by atoms with Gasteiger partial charge in [0.15, 0.2) is 11.6 Å². The molecule has 0 radical (unpaired) electrons. The van der Waals surface area contributed by atoms with Crippen LogP contribution in [0.15, 0.2) is 75.2 Å². The van der Waals surface area contributed by atoms with Crippen molar-refractivity contribution in [1.29, 1.82) is 0 Å². The number of carbonyl (C=O) groups excluding carboxylic acids is 1. The Kier molecular flexibility index (Phi) is 7.25. The molecule has 1 amide bonds. The number of nitrogens with one attached hydrogen (secondary N) is 1. The highest BCUT2D eigenvalue weighted by atomic mass is 32.2. The van der Waals surface area contributed by atoms with Crippen LogP contribution in [0.1, 0.15) is 59.4 Å². The van der Waals surface area contributed by atoms with E-state index in [1.165, 1.54) is 17.0 Å². The molecular formula is C31H30FN3O5S. The van der Waals surface area contributed by atoms with Gasteiger partial charge in [0.05, 0.1) is 21.4 Å². The van der Waals surface area contributed by atoms with Crippen LogP contribution < -0.4 is 15.0 Å². The number of carbonyl (C=O) groups is 1. The van der Waals surface area contributed by atoms with Gasteiger partial charge in [0.25, 0.3) is 5.91 Å². The maximum atomic E-state index is 16.1. The lowest BCUT2D eigenvalue weighted by atomic mass is 10.00. The van der Waals surface area contributed by atoms with Gasteiger partial charge in [-0.2, -0.15) is 0 Å². The molecule has 0 saturated carbocycles. The number of oxazole rings is 1. The third-order valence-corrected chi connectivity index (χ3v) is 9.05. The zero-order chi connectivity index (χ0) is 28.7. The summed E-state index contributed by atoms with van der Waals surface area (Å²) in [6.07, 6.45) is 9.29. The Labute approximate surface area is 239 Å². The van der Waals surface area contributed by atoms with Crippen LogP contribution in [-0.2, 0) is 10.8 Å². The summed E-state index contributed by atoms with van der Waals surface area (Å²) in [6, 6.07) is 8.23. The summed E-state index contributed by atoms with van der Waals surface area (Å²) in [6.45, 7) is 3.58. The van der Waals surface area contributed by atoms with Gasteiger partial charge in [0.1, 0.15) is 41.4 Å². The summed E-state index contributed by atoms with van der Waals surface area (Å²) in [5, 5.41) is 14.1. The second kappa shape index (κ2) is 11.0. The van der Waals surface area contributed by atoms with Gasteiger partial charge in [-0.3, -0.25) is 13.9 Å². The fraction of sp³-hybridized carbons (Fsp3) is 0.290. The summed E-state index contributed by atoms with van der Waals surface area (Å²) in [5.74, 6) is 0.0649. The number of aromatic hydroxyl groups is 1. The van der Waals surface area contributed by atoms with Gasteiger partial charge in [-0.25, -0.2) is 9.37 Å². The van der Waals surface area contributed by atoms with Crippen molar-refractivity contribution in [2.45, 2.75) is 45.6 Å². The van der Waals surface area contributed by atoms with Crippen LogP contribution in [0.4, 0.5) is 15.8 Å². The summed E-state index contributed by atoms with van der Waals surface area (Å²) in [7, 11) is -1.52. The molecule has 2 aromatic carbocycles. The average molecular weight is 576 g/mol. The number of fused-ring (bicyclic) bond motifs is 1. The maximum Gasteiger partial charge on any atom is 0.281 e. The van der Waals surface area contributed by atoms with Gasteiger partial charge in [0, 0.05) is 30.0 Å².